The molecule has 0 saturated carbocycles. The molecule has 0 heterocycles. The van der Waals surface area contributed by atoms with E-state index in [9.17, 15) is 0 Å². The molecule has 0 bridgehead atoms. The summed E-state index contributed by atoms with van der Waals surface area (Å²) in [6, 6.07) is 16.3. The Morgan fingerprint density at radius 3 is 1.79 bits per heavy atom. The van der Waals surface area contributed by atoms with Gasteiger partial charge in [0.15, 0.2) is 0 Å². The minimum Gasteiger partial charge on any atom is -0.113 e. The van der Waals surface area contributed by atoms with Crippen LogP contribution in [0.2, 0.25) is 5.02 Å². The molecule has 0 radical (unpaired) electrons. The molecule has 2 heteroatoms. The summed E-state index contributed by atoms with van der Waals surface area (Å²) in [6.07, 6.45) is 1.11. The summed E-state index contributed by atoms with van der Waals surface area (Å²) in [5.41, 5.74) is 3.55. The summed E-state index contributed by atoms with van der Waals surface area (Å²) in [4.78, 5) is 0. The first-order valence-electron chi connectivity index (χ1n) is 6.54. The van der Waals surface area contributed by atoms with Gasteiger partial charge in [-0.2, -0.15) is 0 Å². The Morgan fingerprint density at radius 1 is 0.842 bits per heavy atom. The molecule has 0 spiro atoms. The SMILES string of the molecule is CC(C)Cc1ccc(C(Cl)c2ccc(Cl)cc2)cc1. The molecule has 2 rings (SSSR count). The highest BCUT2D eigenvalue weighted by Gasteiger charge is 2.10. The highest BCUT2D eigenvalue weighted by molar-refractivity contribution is 6.30. The molecule has 0 amide bonds. The molecule has 100 valence electrons. The van der Waals surface area contributed by atoms with Crippen LogP contribution < -0.4 is 0 Å². The Balaban J connectivity index is 2.15. The molecule has 19 heavy (non-hydrogen) atoms. The van der Waals surface area contributed by atoms with Crippen LogP contribution in [0.5, 0.6) is 0 Å². The normalized spacial score (nSPS) is 12.7. The van der Waals surface area contributed by atoms with E-state index in [0.29, 0.717) is 5.92 Å². The van der Waals surface area contributed by atoms with Crippen LogP contribution in [-0.4, -0.2) is 0 Å². The van der Waals surface area contributed by atoms with Gasteiger partial charge in [-0.05, 0) is 41.2 Å². The number of rotatable bonds is 4. The third kappa shape index (κ3) is 3.99. The van der Waals surface area contributed by atoms with Crippen molar-refractivity contribution in [2.45, 2.75) is 25.6 Å². The standard InChI is InChI=1S/C17H18Cl2/c1-12(2)11-13-3-5-14(6-4-13)17(19)15-7-9-16(18)10-8-15/h3-10,12,17H,11H2,1-2H3. The summed E-state index contributed by atoms with van der Waals surface area (Å²) in [5, 5.41) is 0.616. The first kappa shape index (κ1) is 14.4. The number of hydrogen-bond donors (Lipinski definition) is 0. The van der Waals surface area contributed by atoms with Crippen LogP contribution in [0.4, 0.5) is 0 Å². The van der Waals surface area contributed by atoms with Crippen LogP contribution in [0, 0.1) is 5.92 Å². The van der Waals surface area contributed by atoms with Gasteiger partial charge in [0.1, 0.15) is 0 Å². The maximum Gasteiger partial charge on any atom is 0.0835 e. The van der Waals surface area contributed by atoms with Gasteiger partial charge in [-0.3, -0.25) is 0 Å². The van der Waals surface area contributed by atoms with Gasteiger partial charge in [-0.1, -0.05) is 61.8 Å². The van der Waals surface area contributed by atoms with Crippen molar-refractivity contribution in [2.24, 2.45) is 5.92 Å². The van der Waals surface area contributed by atoms with Crippen molar-refractivity contribution in [3.05, 3.63) is 70.2 Å². The average Bonchev–Trinajstić information content (AvgIpc) is 2.39. The van der Waals surface area contributed by atoms with Gasteiger partial charge in [0, 0.05) is 5.02 Å². The van der Waals surface area contributed by atoms with Crippen LogP contribution in [0.1, 0.15) is 35.9 Å². The molecule has 2 aromatic carbocycles. The van der Waals surface area contributed by atoms with E-state index in [0.717, 1.165) is 22.6 Å². The maximum absolute atomic E-state index is 6.50. The zero-order valence-electron chi connectivity index (χ0n) is 11.2. The molecular formula is C17H18Cl2. The van der Waals surface area contributed by atoms with E-state index in [4.69, 9.17) is 23.2 Å². The summed E-state index contributed by atoms with van der Waals surface area (Å²) in [6.45, 7) is 4.46. The fourth-order valence-electron chi connectivity index (χ4n) is 2.12. The van der Waals surface area contributed by atoms with Crippen LogP contribution in [-0.2, 0) is 6.42 Å². The van der Waals surface area contributed by atoms with E-state index in [-0.39, 0.29) is 5.38 Å². The molecule has 1 unspecified atom stereocenters. The first-order chi connectivity index (χ1) is 9.06. The molecule has 0 saturated heterocycles. The third-order valence-electron chi connectivity index (χ3n) is 3.08. The van der Waals surface area contributed by atoms with Crippen molar-refractivity contribution in [3.8, 4) is 0 Å². The van der Waals surface area contributed by atoms with E-state index in [2.05, 4.69) is 38.1 Å². The van der Waals surface area contributed by atoms with Gasteiger partial charge in [0.05, 0.1) is 5.38 Å². The predicted octanol–water partition coefficient (Wildman–Crippen LogP) is 5.87. The Bertz CT molecular complexity index is 512. The highest BCUT2D eigenvalue weighted by atomic mass is 35.5. The molecule has 0 aliphatic heterocycles. The van der Waals surface area contributed by atoms with Gasteiger partial charge in [0.25, 0.3) is 0 Å². The van der Waals surface area contributed by atoms with Gasteiger partial charge in [0.2, 0.25) is 0 Å². The van der Waals surface area contributed by atoms with Crippen molar-refractivity contribution in [2.75, 3.05) is 0 Å². The van der Waals surface area contributed by atoms with Crippen molar-refractivity contribution in [1.82, 2.24) is 0 Å². The van der Waals surface area contributed by atoms with Crippen LogP contribution in [0.25, 0.3) is 0 Å². The maximum atomic E-state index is 6.50. The smallest absolute Gasteiger partial charge is 0.0835 e. The lowest BCUT2D eigenvalue weighted by atomic mass is 9.99. The molecular weight excluding hydrogens is 275 g/mol. The third-order valence-corrected chi connectivity index (χ3v) is 3.83. The van der Waals surface area contributed by atoms with Gasteiger partial charge < -0.3 is 0 Å². The summed E-state index contributed by atoms with van der Waals surface area (Å²) in [5.74, 6) is 0.675. The quantitative estimate of drug-likeness (QED) is 0.619. The van der Waals surface area contributed by atoms with Crippen LogP contribution in [0.15, 0.2) is 48.5 Å². The number of halogens is 2. The van der Waals surface area contributed by atoms with Gasteiger partial charge >= 0.3 is 0 Å². The minimum absolute atomic E-state index is 0.120. The largest absolute Gasteiger partial charge is 0.113 e. The highest BCUT2D eigenvalue weighted by Crippen LogP contribution is 2.29. The van der Waals surface area contributed by atoms with E-state index in [1.54, 1.807) is 0 Å². The topological polar surface area (TPSA) is 0 Å². The molecule has 0 aliphatic rings. The molecule has 0 nitrogen and oxygen atoms in total. The lowest BCUT2D eigenvalue weighted by Gasteiger charge is -2.12. The van der Waals surface area contributed by atoms with Gasteiger partial charge in [-0.25, -0.2) is 0 Å². The summed E-state index contributed by atoms with van der Waals surface area (Å²) >= 11 is 12.4. The van der Waals surface area contributed by atoms with E-state index >= 15 is 0 Å². The van der Waals surface area contributed by atoms with Crippen molar-refractivity contribution in [3.63, 3.8) is 0 Å². The van der Waals surface area contributed by atoms with Gasteiger partial charge in [-0.15, -0.1) is 11.6 Å². The van der Waals surface area contributed by atoms with Crippen molar-refractivity contribution >= 4 is 23.2 Å². The number of benzene rings is 2. The summed E-state index contributed by atoms with van der Waals surface area (Å²) in [7, 11) is 0. The molecule has 2 aromatic rings. The Labute approximate surface area is 125 Å². The fourth-order valence-corrected chi connectivity index (χ4v) is 2.54. The molecule has 1 atom stereocenters. The Morgan fingerprint density at radius 2 is 1.32 bits per heavy atom. The average molecular weight is 293 g/mol. The lowest BCUT2D eigenvalue weighted by Crippen LogP contribution is -1.96. The Hall–Kier alpha value is -0.980. The van der Waals surface area contributed by atoms with Crippen LogP contribution >= 0.6 is 23.2 Å². The zero-order chi connectivity index (χ0) is 13.8. The van der Waals surface area contributed by atoms with Crippen LogP contribution in [0.3, 0.4) is 0 Å². The van der Waals surface area contributed by atoms with E-state index in [1.807, 2.05) is 24.3 Å². The lowest BCUT2D eigenvalue weighted by molar-refractivity contribution is 0.647. The molecule has 0 aromatic heterocycles. The Kier molecular flexibility index (Phi) is 4.90. The number of hydrogen-bond acceptors (Lipinski definition) is 0. The number of alkyl halides is 1. The van der Waals surface area contributed by atoms with Crippen molar-refractivity contribution in [1.29, 1.82) is 0 Å². The second-order valence-corrected chi connectivity index (χ2v) is 6.13. The fraction of sp³-hybridized carbons (Fsp3) is 0.294. The van der Waals surface area contributed by atoms with Crippen molar-refractivity contribution < 1.29 is 0 Å². The second-order valence-electron chi connectivity index (χ2n) is 5.25. The monoisotopic (exact) mass is 292 g/mol. The molecule has 0 fully saturated rings. The first-order valence-corrected chi connectivity index (χ1v) is 7.36. The molecule has 0 aliphatic carbocycles. The van der Waals surface area contributed by atoms with E-state index < -0.39 is 0 Å². The van der Waals surface area contributed by atoms with E-state index in [1.165, 1.54) is 5.56 Å². The minimum atomic E-state index is -0.120. The predicted molar refractivity (Wildman–Crippen MR) is 84.1 cm³/mol. The molecule has 0 N–H and O–H groups in total. The second kappa shape index (κ2) is 6.45. The zero-order valence-corrected chi connectivity index (χ0v) is 12.7. The summed E-state index contributed by atoms with van der Waals surface area (Å²) < 4.78 is 0.